The standard InChI is InChI=1S/C20H26ClNO3.C2H2O4/c1-2-24-19-7-3-4-8-20(19)25-15-14-22-13-5-6-18(23)16-9-11-17(21)12-10-16;3-1(4)2(5)6/h3-4,7-12,18,22-23H,2,5-6,13-15H2,1H3;(H,3,4)(H,5,6). The van der Waals surface area contributed by atoms with Crippen molar-refractivity contribution in [1.29, 1.82) is 0 Å². The van der Waals surface area contributed by atoms with Gasteiger partial charge in [0, 0.05) is 11.6 Å². The maximum absolute atomic E-state index is 10.1. The Balaban J connectivity index is 0.000000703. The molecular weight excluding hydrogens is 426 g/mol. The number of ether oxygens (including phenoxy) is 2. The normalized spacial score (nSPS) is 11.1. The number of benzene rings is 2. The van der Waals surface area contributed by atoms with Gasteiger partial charge < -0.3 is 30.1 Å². The summed E-state index contributed by atoms with van der Waals surface area (Å²) in [7, 11) is 0. The first kappa shape index (κ1) is 26.2. The van der Waals surface area contributed by atoms with Crippen LogP contribution in [0.5, 0.6) is 11.5 Å². The van der Waals surface area contributed by atoms with Crippen molar-refractivity contribution in [2.75, 3.05) is 26.3 Å². The first-order valence-corrected chi connectivity index (χ1v) is 10.2. The highest BCUT2D eigenvalue weighted by Crippen LogP contribution is 2.26. The molecule has 0 saturated heterocycles. The van der Waals surface area contributed by atoms with E-state index in [0.29, 0.717) is 24.7 Å². The summed E-state index contributed by atoms with van der Waals surface area (Å²) in [5.41, 5.74) is 0.903. The van der Waals surface area contributed by atoms with Gasteiger partial charge in [-0.25, -0.2) is 9.59 Å². The molecule has 0 aliphatic heterocycles. The number of nitrogens with one attached hydrogen (secondary N) is 1. The third-order valence-corrected chi connectivity index (χ3v) is 4.21. The molecule has 0 aliphatic rings. The van der Waals surface area contributed by atoms with Crippen LogP contribution in [0, 0.1) is 0 Å². The van der Waals surface area contributed by atoms with Gasteiger partial charge in [0.15, 0.2) is 11.5 Å². The number of carbonyl (C=O) groups is 2. The van der Waals surface area contributed by atoms with E-state index in [1.54, 1.807) is 12.1 Å². The molecule has 0 bridgehead atoms. The van der Waals surface area contributed by atoms with E-state index in [0.717, 1.165) is 36.6 Å². The van der Waals surface area contributed by atoms with Crippen molar-refractivity contribution in [3.8, 4) is 11.5 Å². The molecule has 8 nitrogen and oxygen atoms in total. The highest BCUT2D eigenvalue weighted by molar-refractivity contribution is 6.30. The third kappa shape index (κ3) is 11.2. The molecule has 0 spiro atoms. The molecule has 0 amide bonds. The molecule has 2 rings (SSSR count). The molecular formula is C22H28ClNO7. The molecule has 0 aliphatic carbocycles. The van der Waals surface area contributed by atoms with Crippen LogP contribution in [0.2, 0.25) is 5.02 Å². The summed E-state index contributed by atoms with van der Waals surface area (Å²) in [6, 6.07) is 15.0. The summed E-state index contributed by atoms with van der Waals surface area (Å²) in [6.45, 7) is 4.73. The smallest absolute Gasteiger partial charge is 0.414 e. The topological polar surface area (TPSA) is 125 Å². The van der Waals surface area contributed by atoms with Crippen molar-refractivity contribution in [3.63, 3.8) is 0 Å². The van der Waals surface area contributed by atoms with Gasteiger partial charge in [0.2, 0.25) is 0 Å². The van der Waals surface area contributed by atoms with E-state index in [2.05, 4.69) is 5.32 Å². The number of rotatable bonds is 11. The highest BCUT2D eigenvalue weighted by Gasteiger charge is 2.07. The lowest BCUT2D eigenvalue weighted by molar-refractivity contribution is -0.159. The Labute approximate surface area is 186 Å². The zero-order valence-corrected chi connectivity index (χ0v) is 18.0. The molecule has 31 heavy (non-hydrogen) atoms. The van der Waals surface area contributed by atoms with Crippen LogP contribution in [0.1, 0.15) is 31.4 Å². The van der Waals surface area contributed by atoms with Gasteiger partial charge in [-0.3, -0.25) is 0 Å². The highest BCUT2D eigenvalue weighted by atomic mass is 35.5. The Morgan fingerprint density at radius 3 is 2.10 bits per heavy atom. The summed E-state index contributed by atoms with van der Waals surface area (Å²) in [5, 5.41) is 28.9. The number of aliphatic carboxylic acids is 2. The molecule has 2 aromatic carbocycles. The number of aliphatic hydroxyl groups is 1. The average Bonchev–Trinajstić information content (AvgIpc) is 2.75. The number of halogens is 1. The third-order valence-electron chi connectivity index (χ3n) is 3.95. The van der Waals surface area contributed by atoms with Gasteiger partial charge in [0.05, 0.1) is 12.7 Å². The van der Waals surface area contributed by atoms with Gasteiger partial charge in [-0.05, 0) is 56.1 Å². The predicted octanol–water partition coefficient (Wildman–Crippen LogP) is 3.38. The molecule has 170 valence electrons. The Kier molecular flexibility index (Phi) is 12.7. The molecule has 0 radical (unpaired) electrons. The van der Waals surface area contributed by atoms with Crippen LogP contribution in [0.25, 0.3) is 0 Å². The second-order valence-electron chi connectivity index (χ2n) is 6.30. The number of carboxylic acid groups (broad SMARTS) is 2. The van der Waals surface area contributed by atoms with Gasteiger partial charge in [-0.1, -0.05) is 35.9 Å². The van der Waals surface area contributed by atoms with E-state index in [9.17, 15) is 5.11 Å². The first-order valence-electron chi connectivity index (χ1n) is 9.80. The summed E-state index contributed by atoms with van der Waals surface area (Å²) in [6.07, 6.45) is 1.15. The number of aliphatic hydroxyl groups excluding tert-OH is 1. The van der Waals surface area contributed by atoms with Crippen molar-refractivity contribution >= 4 is 23.5 Å². The van der Waals surface area contributed by atoms with Crippen LogP contribution in [-0.2, 0) is 9.59 Å². The maximum atomic E-state index is 10.1. The van der Waals surface area contributed by atoms with E-state index in [1.807, 2.05) is 43.3 Å². The fourth-order valence-electron chi connectivity index (χ4n) is 2.47. The quantitative estimate of drug-likeness (QED) is 0.301. The van der Waals surface area contributed by atoms with Crippen LogP contribution in [0.3, 0.4) is 0 Å². The van der Waals surface area contributed by atoms with Crippen LogP contribution in [0.4, 0.5) is 0 Å². The molecule has 0 saturated carbocycles. The van der Waals surface area contributed by atoms with Crippen molar-refractivity contribution in [2.24, 2.45) is 0 Å². The number of para-hydroxylation sites is 2. The zero-order chi connectivity index (χ0) is 23.1. The summed E-state index contributed by atoms with van der Waals surface area (Å²) >= 11 is 5.85. The molecule has 0 aromatic heterocycles. The molecule has 0 fully saturated rings. The Hall–Kier alpha value is -2.81. The molecule has 1 atom stereocenters. The monoisotopic (exact) mass is 453 g/mol. The molecule has 0 heterocycles. The van der Waals surface area contributed by atoms with Crippen LogP contribution in [-0.4, -0.2) is 53.6 Å². The average molecular weight is 454 g/mol. The minimum absolute atomic E-state index is 0.451. The van der Waals surface area contributed by atoms with E-state index >= 15 is 0 Å². The van der Waals surface area contributed by atoms with Crippen molar-refractivity contribution in [2.45, 2.75) is 25.9 Å². The second kappa shape index (κ2) is 15.1. The van der Waals surface area contributed by atoms with E-state index in [4.69, 9.17) is 40.9 Å². The first-order chi connectivity index (χ1) is 14.8. The van der Waals surface area contributed by atoms with Gasteiger partial charge in [0.25, 0.3) is 0 Å². The Morgan fingerprint density at radius 1 is 0.968 bits per heavy atom. The maximum Gasteiger partial charge on any atom is 0.414 e. The lowest BCUT2D eigenvalue weighted by Crippen LogP contribution is -2.22. The van der Waals surface area contributed by atoms with E-state index < -0.39 is 18.0 Å². The second-order valence-corrected chi connectivity index (χ2v) is 6.73. The zero-order valence-electron chi connectivity index (χ0n) is 17.3. The van der Waals surface area contributed by atoms with E-state index in [1.165, 1.54) is 0 Å². The minimum Gasteiger partial charge on any atom is -0.490 e. The Bertz CT molecular complexity index is 787. The van der Waals surface area contributed by atoms with Gasteiger partial charge in [-0.2, -0.15) is 0 Å². The number of carboxylic acids is 2. The molecule has 1 unspecified atom stereocenters. The van der Waals surface area contributed by atoms with Crippen molar-refractivity contribution in [3.05, 3.63) is 59.1 Å². The van der Waals surface area contributed by atoms with Crippen LogP contribution < -0.4 is 14.8 Å². The number of hydrogen-bond acceptors (Lipinski definition) is 6. The fraction of sp³-hybridized carbons (Fsp3) is 0.364. The van der Waals surface area contributed by atoms with Crippen molar-refractivity contribution < 1.29 is 34.4 Å². The lowest BCUT2D eigenvalue weighted by Gasteiger charge is -2.13. The Morgan fingerprint density at radius 2 is 1.55 bits per heavy atom. The minimum atomic E-state index is -1.82. The summed E-state index contributed by atoms with van der Waals surface area (Å²) in [5.74, 6) is -2.11. The van der Waals surface area contributed by atoms with Gasteiger partial charge in [0.1, 0.15) is 6.61 Å². The van der Waals surface area contributed by atoms with Crippen LogP contribution in [0.15, 0.2) is 48.5 Å². The predicted molar refractivity (Wildman–Crippen MR) is 117 cm³/mol. The summed E-state index contributed by atoms with van der Waals surface area (Å²) < 4.78 is 11.3. The van der Waals surface area contributed by atoms with Crippen LogP contribution >= 0.6 is 11.6 Å². The molecule has 2 aromatic rings. The number of hydrogen-bond donors (Lipinski definition) is 4. The van der Waals surface area contributed by atoms with E-state index in [-0.39, 0.29) is 0 Å². The van der Waals surface area contributed by atoms with Crippen molar-refractivity contribution in [1.82, 2.24) is 5.32 Å². The van der Waals surface area contributed by atoms with Gasteiger partial charge >= 0.3 is 11.9 Å². The molecule has 4 N–H and O–H groups in total. The lowest BCUT2D eigenvalue weighted by atomic mass is 10.1. The molecule has 9 heteroatoms. The largest absolute Gasteiger partial charge is 0.490 e. The fourth-order valence-corrected chi connectivity index (χ4v) is 2.60. The SMILES string of the molecule is CCOc1ccccc1OCCNCCCC(O)c1ccc(Cl)cc1.O=C(O)C(=O)O. The van der Waals surface area contributed by atoms with Gasteiger partial charge in [-0.15, -0.1) is 0 Å². The summed E-state index contributed by atoms with van der Waals surface area (Å²) in [4.78, 5) is 18.2.